The summed E-state index contributed by atoms with van der Waals surface area (Å²) in [4.78, 5) is 33.4. The summed E-state index contributed by atoms with van der Waals surface area (Å²) in [6.07, 6.45) is 0.827. The van der Waals surface area contributed by atoms with Crippen molar-refractivity contribution >= 4 is 17.9 Å². The van der Waals surface area contributed by atoms with Crippen LogP contribution in [0.25, 0.3) is 0 Å². The van der Waals surface area contributed by atoms with Gasteiger partial charge < -0.3 is 21.5 Å². The van der Waals surface area contributed by atoms with Crippen LogP contribution in [0.15, 0.2) is 0 Å². The highest BCUT2D eigenvalue weighted by molar-refractivity contribution is 5.86. The average Bonchev–Trinajstić information content (AvgIpc) is 2.29. The van der Waals surface area contributed by atoms with Crippen molar-refractivity contribution in [2.24, 2.45) is 11.1 Å². The fraction of sp³-hybridized carbons (Fsp3) is 0.727. The van der Waals surface area contributed by atoms with Crippen molar-refractivity contribution in [3.63, 3.8) is 0 Å². The molecule has 1 unspecified atom stereocenters. The number of aliphatic carboxylic acids is 1. The smallest absolute Gasteiger partial charge is 0.312 e. The minimum absolute atomic E-state index is 0.0267. The van der Waals surface area contributed by atoms with E-state index in [2.05, 4.69) is 10.6 Å². The summed E-state index contributed by atoms with van der Waals surface area (Å²) in [5.74, 6) is -1.40. The summed E-state index contributed by atoms with van der Waals surface area (Å²) >= 11 is 0. The number of primary amides is 1. The van der Waals surface area contributed by atoms with Crippen LogP contribution in [-0.2, 0) is 9.59 Å². The maximum absolute atomic E-state index is 11.6. The molecule has 18 heavy (non-hydrogen) atoms. The van der Waals surface area contributed by atoms with Crippen molar-refractivity contribution in [3.05, 3.63) is 0 Å². The number of carboxylic acids is 1. The molecule has 0 radical (unpaired) electrons. The molecule has 0 aromatic heterocycles. The second kappa shape index (κ2) is 6.83. The van der Waals surface area contributed by atoms with Gasteiger partial charge in [-0.3, -0.25) is 9.59 Å². The van der Waals surface area contributed by atoms with Crippen LogP contribution < -0.4 is 16.4 Å². The lowest BCUT2D eigenvalue weighted by molar-refractivity contribution is -0.149. The molecule has 7 heteroatoms. The SMILES string of the molecule is CCC(CC)(CNC(=O)C(C)NC(N)=O)C(=O)O. The zero-order chi connectivity index (χ0) is 14.3. The van der Waals surface area contributed by atoms with Gasteiger partial charge in [-0.15, -0.1) is 0 Å². The number of carbonyl (C=O) groups excluding carboxylic acids is 2. The summed E-state index contributed by atoms with van der Waals surface area (Å²) in [7, 11) is 0. The number of hydrogen-bond acceptors (Lipinski definition) is 3. The van der Waals surface area contributed by atoms with Crippen molar-refractivity contribution in [2.45, 2.75) is 39.7 Å². The first kappa shape index (κ1) is 16.2. The molecule has 0 heterocycles. The fourth-order valence-electron chi connectivity index (χ4n) is 1.57. The number of carboxylic acid groups (broad SMARTS) is 1. The van der Waals surface area contributed by atoms with Crippen molar-refractivity contribution in [2.75, 3.05) is 6.54 Å². The third-order valence-corrected chi connectivity index (χ3v) is 3.16. The molecule has 0 bridgehead atoms. The summed E-state index contributed by atoms with van der Waals surface area (Å²) in [6.45, 7) is 5.02. The van der Waals surface area contributed by atoms with E-state index in [0.29, 0.717) is 12.8 Å². The van der Waals surface area contributed by atoms with Crippen LogP contribution in [0.5, 0.6) is 0 Å². The van der Waals surface area contributed by atoms with Gasteiger partial charge in [0.1, 0.15) is 6.04 Å². The van der Waals surface area contributed by atoms with Crippen LogP contribution in [0.3, 0.4) is 0 Å². The van der Waals surface area contributed by atoms with Gasteiger partial charge in [0.2, 0.25) is 5.91 Å². The van der Waals surface area contributed by atoms with E-state index in [4.69, 9.17) is 5.73 Å². The highest BCUT2D eigenvalue weighted by Gasteiger charge is 2.35. The van der Waals surface area contributed by atoms with Gasteiger partial charge in [-0.05, 0) is 19.8 Å². The molecule has 104 valence electrons. The summed E-state index contributed by atoms with van der Waals surface area (Å²) in [5, 5.41) is 13.9. The first-order valence-corrected chi connectivity index (χ1v) is 5.86. The van der Waals surface area contributed by atoms with Crippen molar-refractivity contribution in [1.29, 1.82) is 0 Å². The largest absolute Gasteiger partial charge is 0.481 e. The van der Waals surface area contributed by atoms with Gasteiger partial charge in [0.15, 0.2) is 0 Å². The van der Waals surface area contributed by atoms with Gasteiger partial charge in [-0.2, -0.15) is 0 Å². The molecule has 0 aromatic carbocycles. The Morgan fingerprint density at radius 2 is 1.78 bits per heavy atom. The number of amides is 3. The molecule has 1 atom stereocenters. The standard InChI is InChI=1S/C11H21N3O4/c1-4-11(5-2,9(16)17)6-13-8(15)7(3)14-10(12)18/h7H,4-6H2,1-3H3,(H,13,15)(H,16,17)(H3,12,14,18). The Kier molecular flexibility index (Phi) is 6.15. The highest BCUT2D eigenvalue weighted by Crippen LogP contribution is 2.25. The van der Waals surface area contributed by atoms with Crippen molar-refractivity contribution < 1.29 is 19.5 Å². The van der Waals surface area contributed by atoms with Gasteiger partial charge in [0.25, 0.3) is 0 Å². The molecule has 0 rings (SSSR count). The minimum atomic E-state index is -0.970. The Bertz CT molecular complexity index is 326. The van der Waals surface area contributed by atoms with Crippen LogP contribution in [0, 0.1) is 5.41 Å². The second-order valence-electron chi connectivity index (χ2n) is 4.24. The van der Waals surface area contributed by atoms with Crippen LogP contribution in [-0.4, -0.2) is 35.6 Å². The number of urea groups is 1. The fourth-order valence-corrected chi connectivity index (χ4v) is 1.57. The molecule has 0 fully saturated rings. The van der Waals surface area contributed by atoms with E-state index in [1.807, 2.05) is 0 Å². The quantitative estimate of drug-likeness (QED) is 0.516. The number of carbonyl (C=O) groups is 3. The predicted molar refractivity (Wildman–Crippen MR) is 65.8 cm³/mol. The Morgan fingerprint density at radius 3 is 2.11 bits per heavy atom. The van der Waals surface area contributed by atoms with Crippen molar-refractivity contribution in [3.8, 4) is 0 Å². The topological polar surface area (TPSA) is 122 Å². The maximum Gasteiger partial charge on any atom is 0.312 e. The van der Waals surface area contributed by atoms with E-state index in [9.17, 15) is 19.5 Å². The first-order valence-electron chi connectivity index (χ1n) is 5.86. The van der Waals surface area contributed by atoms with Gasteiger partial charge >= 0.3 is 12.0 Å². The maximum atomic E-state index is 11.6. The lowest BCUT2D eigenvalue weighted by Gasteiger charge is -2.27. The third-order valence-electron chi connectivity index (χ3n) is 3.16. The number of nitrogens with two attached hydrogens (primary N) is 1. The lowest BCUT2D eigenvalue weighted by atomic mass is 9.82. The van der Waals surface area contributed by atoms with Crippen LogP contribution >= 0.6 is 0 Å². The molecular formula is C11H21N3O4. The van der Waals surface area contributed by atoms with E-state index in [1.54, 1.807) is 13.8 Å². The molecule has 7 nitrogen and oxygen atoms in total. The highest BCUT2D eigenvalue weighted by atomic mass is 16.4. The van der Waals surface area contributed by atoms with E-state index in [0.717, 1.165) is 0 Å². The minimum Gasteiger partial charge on any atom is -0.481 e. The molecule has 3 amide bonds. The van der Waals surface area contributed by atoms with Gasteiger partial charge in [0, 0.05) is 6.54 Å². The molecule has 0 aliphatic carbocycles. The third kappa shape index (κ3) is 4.23. The Hall–Kier alpha value is -1.79. The summed E-state index contributed by atoms with van der Waals surface area (Å²) in [6, 6.07) is -1.59. The molecular weight excluding hydrogens is 238 g/mol. The Labute approximate surface area is 106 Å². The van der Waals surface area contributed by atoms with Crippen LogP contribution in [0.4, 0.5) is 4.79 Å². The molecule has 0 aliphatic heterocycles. The van der Waals surface area contributed by atoms with E-state index in [1.165, 1.54) is 6.92 Å². The Balaban J connectivity index is 4.49. The van der Waals surface area contributed by atoms with Gasteiger partial charge in [-0.25, -0.2) is 4.79 Å². The normalized spacial score (nSPS) is 12.6. The monoisotopic (exact) mass is 259 g/mol. The molecule has 0 aliphatic rings. The molecule has 0 saturated carbocycles. The van der Waals surface area contributed by atoms with E-state index in [-0.39, 0.29) is 6.54 Å². The van der Waals surface area contributed by atoms with Crippen LogP contribution in [0.2, 0.25) is 0 Å². The van der Waals surface area contributed by atoms with Gasteiger partial charge in [-0.1, -0.05) is 13.8 Å². The average molecular weight is 259 g/mol. The zero-order valence-corrected chi connectivity index (χ0v) is 10.9. The second-order valence-corrected chi connectivity index (χ2v) is 4.24. The predicted octanol–water partition coefficient (Wildman–Crippen LogP) is 0.0504. The van der Waals surface area contributed by atoms with Crippen LogP contribution in [0.1, 0.15) is 33.6 Å². The molecule has 0 spiro atoms. The Morgan fingerprint density at radius 1 is 1.28 bits per heavy atom. The summed E-state index contributed by atoms with van der Waals surface area (Å²) in [5.41, 5.74) is 3.92. The molecule has 5 N–H and O–H groups in total. The summed E-state index contributed by atoms with van der Waals surface area (Å²) < 4.78 is 0. The lowest BCUT2D eigenvalue weighted by Crippen LogP contribution is -2.50. The first-order chi connectivity index (χ1) is 8.29. The number of nitrogens with one attached hydrogen (secondary N) is 2. The number of rotatable bonds is 7. The molecule has 0 saturated heterocycles. The van der Waals surface area contributed by atoms with E-state index < -0.39 is 29.4 Å². The van der Waals surface area contributed by atoms with E-state index >= 15 is 0 Å². The number of hydrogen-bond donors (Lipinski definition) is 4. The zero-order valence-electron chi connectivity index (χ0n) is 10.9. The van der Waals surface area contributed by atoms with Crippen molar-refractivity contribution in [1.82, 2.24) is 10.6 Å². The molecule has 0 aromatic rings. The van der Waals surface area contributed by atoms with Gasteiger partial charge in [0.05, 0.1) is 5.41 Å².